The maximum atomic E-state index is 14.5. The number of anilines is 1. The summed E-state index contributed by atoms with van der Waals surface area (Å²) >= 11 is 0. The maximum Gasteiger partial charge on any atom is 0.387 e. The minimum Gasteiger partial charge on any atom is -0.493 e. The van der Waals surface area contributed by atoms with E-state index in [0.717, 1.165) is 30.4 Å². The van der Waals surface area contributed by atoms with Gasteiger partial charge in [-0.25, -0.2) is 4.39 Å². The highest BCUT2D eigenvalue weighted by Gasteiger charge is 2.21. The zero-order valence-electron chi connectivity index (χ0n) is 16.9. The van der Waals surface area contributed by atoms with Crippen LogP contribution in [0.3, 0.4) is 0 Å². The van der Waals surface area contributed by atoms with Crippen molar-refractivity contribution in [3.8, 4) is 11.5 Å². The zero-order chi connectivity index (χ0) is 23.3. The van der Waals surface area contributed by atoms with Gasteiger partial charge in [0.15, 0.2) is 17.3 Å². The molecule has 1 fully saturated rings. The fourth-order valence-electron chi connectivity index (χ4n) is 3.19. The molecule has 0 aliphatic carbocycles. The van der Waals surface area contributed by atoms with Gasteiger partial charge in [0.25, 0.3) is 5.69 Å². The Bertz CT molecular complexity index is 1040. The first kappa shape index (κ1) is 23.1. The second-order valence-electron chi connectivity index (χ2n) is 6.66. The Morgan fingerprint density at radius 1 is 1.22 bits per heavy atom. The average Bonchev–Trinajstić information content (AvgIpc) is 2.77. The van der Waals surface area contributed by atoms with Crippen molar-refractivity contribution in [2.75, 3.05) is 38.3 Å². The highest BCUT2D eigenvalue weighted by molar-refractivity contribution is 6.07. The number of ether oxygens (including phenoxy) is 3. The molecule has 0 saturated carbocycles. The zero-order valence-corrected chi connectivity index (χ0v) is 16.9. The molecule has 32 heavy (non-hydrogen) atoms. The fourth-order valence-corrected chi connectivity index (χ4v) is 3.19. The van der Waals surface area contributed by atoms with Crippen molar-refractivity contribution in [3.63, 3.8) is 0 Å². The van der Waals surface area contributed by atoms with E-state index in [1.54, 1.807) is 0 Å². The quantitative estimate of drug-likeness (QED) is 0.258. The Morgan fingerprint density at radius 2 is 1.94 bits per heavy atom. The predicted molar refractivity (Wildman–Crippen MR) is 109 cm³/mol. The van der Waals surface area contributed by atoms with Crippen LogP contribution in [0.5, 0.6) is 11.5 Å². The highest BCUT2D eigenvalue weighted by Crippen LogP contribution is 2.36. The van der Waals surface area contributed by atoms with Crippen molar-refractivity contribution in [2.24, 2.45) is 0 Å². The van der Waals surface area contributed by atoms with E-state index < -0.39 is 34.6 Å². The minimum absolute atomic E-state index is 0.0445. The van der Waals surface area contributed by atoms with E-state index >= 15 is 0 Å². The van der Waals surface area contributed by atoms with Gasteiger partial charge >= 0.3 is 6.61 Å². The smallest absolute Gasteiger partial charge is 0.387 e. The number of hydrogen-bond donors (Lipinski definition) is 0. The molecule has 2 aromatic rings. The summed E-state index contributed by atoms with van der Waals surface area (Å²) in [6.07, 6.45) is 2.15. The molecule has 11 heteroatoms. The van der Waals surface area contributed by atoms with E-state index in [2.05, 4.69) is 4.74 Å². The van der Waals surface area contributed by atoms with Crippen LogP contribution in [0.4, 0.5) is 24.5 Å². The summed E-state index contributed by atoms with van der Waals surface area (Å²) in [6, 6.07) is 5.92. The topological polar surface area (TPSA) is 91.1 Å². The summed E-state index contributed by atoms with van der Waals surface area (Å²) in [5, 5.41) is 11.3. The first-order chi connectivity index (χ1) is 15.3. The molecule has 1 aliphatic rings. The molecule has 1 heterocycles. The van der Waals surface area contributed by atoms with Crippen molar-refractivity contribution in [3.05, 3.63) is 63.5 Å². The van der Waals surface area contributed by atoms with Crippen LogP contribution in [0, 0.1) is 15.9 Å². The molecule has 8 nitrogen and oxygen atoms in total. The number of nitrogens with zero attached hydrogens (tertiary/aromatic N) is 2. The standard InChI is InChI=1S/C21H19F3N2O6/c1-30-19-11-13(17(26(28)29)12-20(19)32-21(23)24)3-5-18(27)14-2-4-16(15(22)10-14)25-6-8-31-9-7-25/h2-5,10-12,21H,6-9H2,1H3/b5-3+. The Balaban J connectivity index is 1.85. The van der Waals surface area contributed by atoms with Crippen molar-refractivity contribution in [2.45, 2.75) is 6.61 Å². The molecule has 1 saturated heterocycles. The molecule has 0 radical (unpaired) electrons. The molecule has 170 valence electrons. The number of benzene rings is 2. The van der Waals surface area contributed by atoms with E-state index in [4.69, 9.17) is 9.47 Å². The van der Waals surface area contributed by atoms with Gasteiger partial charge in [-0.3, -0.25) is 14.9 Å². The molecule has 0 atom stereocenters. The maximum absolute atomic E-state index is 14.5. The molecule has 1 aliphatic heterocycles. The molecule has 0 unspecified atom stereocenters. The molecule has 0 bridgehead atoms. The Kier molecular flexibility index (Phi) is 7.31. The number of morpholine rings is 1. The minimum atomic E-state index is -3.21. The lowest BCUT2D eigenvalue weighted by atomic mass is 10.1. The van der Waals surface area contributed by atoms with Crippen molar-refractivity contribution in [1.82, 2.24) is 0 Å². The number of rotatable bonds is 8. The van der Waals surface area contributed by atoms with Gasteiger partial charge in [-0.05, 0) is 36.4 Å². The Hall–Kier alpha value is -3.60. The second-order valence-corrected chi connectivity index (χ2v) is 6.66. The first-order valence-electron chi connectivity index (χ1n) is 9.46. The van der Waals surface area contributed by atoms with Gasteiger partial charge in [0.1, 0.15) is 5.82 Å². The lowest BCUT2D eigenvalue weighted by Gasteiger charge is -2.29. The largest absolute Gasteiger partial charge is 0.493 e. The number of carbonyl (C=O) groups excluding carboxylic acids is 1. The third-order valence-electron chi connectivity index (χ3n) is 4.72. The van der Waals surface area contributed by atoms with Crippen LogP contribution in [0.25, 0.3) is 6.08 Å². The van der Waals surface area contributed by atoms with Crippen LogP contribution >= 0.6 is 0 Å². The molecule has 0 amide bonds. The second kappa shape index (κ2) is 10.1. The predicted octanol–water partition coefficient (Wildman–Crippen LogP) is 4.08. The Morgan fingerprint density at radius 3 is 2.53 bits per heavy atom. The van der Waals surface area contributed by atoms with Gasteiger partial charge in [0, 0.05) is 18.7 Å². The number of nitro benzene ring substituents is 1. The number of hydrogen-bond acceptors (Lipinski definition) is 7. The molecule has 0 N–H and O–H groups in total. The Labute approximate surface area is 180 Å². The lowest BCUT2D eigenvalue weighted by molar-refractivity contribution is -0.385. The van der Waals surface area contributed by atoms with Crippen LogP contribution in [-0.2, 0) is 4.74 Å². The van der Waals surface area contributed by atoms with E-state index in [1.807, 2.05) is 4.90 Å². The molecular formula is C21H19F3N2O6. The lowest BCUT2D eigenvalue weighted by Crippen LogP contribution is -2.36. The third-order valence-corrected chi connectivity index (χ3v) is 4.72. The van der Waals surface area contributed by atoms with Gasteiger partial charge in [-0.1, -0.05) is 0 Å². The first-order valence-corrected chi connectivity index (χ1v) is 9.46. The van der Waals surface area contributed by atoms with E-state index in [0.29, 0.717) is 32.0 Å². The summed E-state index contributed by atoms with van der Waals surface area (Å²) in [4.78, 5) is 24.8. The molecule has 3 rings (SSSR count). The van der Waals surface area contributed by atoms with Gasteiger partial charge in [-0.15, -0.1) is 0 Å². The van der Waals surface area contributed by atoms with Gasteiger partial charge in [-0.2, -0.15) is 8.78 Å². The average molecular weight is 452 g/mol. The number of ketones is 1. The summed E-state index contributed by atoms with van der Waals surface area (Å²) < 4.78 is 54.0. The van der Waals surface area contributed by atoms with E-state index in [-0.39, 0.29) is 16.9 Å². The molecule has 0 aromatic heterocycles. The summed E-state index contributed by atoms with van der Waals surface area (Å²) in [5.74, 6) is -1.87. The number of halogens is 3. The van der Waals surface area contributed by atoms with Gasteiger partial charge < -0.3 is 19.1 Å². The van der Waals surface area contributed by atoms with Crippen LogP contribution in [0.1, 0.15) is 15.9 Å². The number of nitro groups is 1. The monoisotopic (exact) mass is 452 g/mol. The third kappa shape index (κ3) is 5.35. The van der Waals surface area contributed by atoms with Crippen molar-refractivity contribution < 1.29 is 37.1 Å². The molecule has 2 aromatic carbocycles. The van der Waals surface area contributed by atoms with Gasteiger partial charge in [0.2, 0.25) is 0 Å². The highest BCUT2D eigenvalue weighted by atomic mass is 19.3. The summed E-state index contributed by atoms with van der Waals surface area (Å²) in [6.45, 7) is -1.19. The number of carbonyl (C=O) groups is 1. The van der Waals surface area contributed by atoms with E-state index in [1.165, 1.54) is 19.2 Å². The normalized spacial score (nSPS) is 14.1. The number of allylic oxidation sites excluding steroid dienone is 1. The molecular weight excluding hydrogens is 433 g/mol. The number of methoxy groups -OCH3 is 1. The van der Waals surface area contributed by atoms with Gasteiger partial charge in [0.05, 0.1) is 42.6 Å². The van der Waals surface area contributed by atoms with Crippen LogP contribution in [0.15, 0.2) is 36.4 Å². The van der Waals surface area contributed by atoms with Crippen molar-refractivity contribution >= 4 is 23.2 Å². The SMILES string of the molecule is COc1cc(/C=C/C(=O)c2ccc(N3CCOCC3)c(F)c2)c([N+](=O)[O-])cc1OC(F)F. The fraction of sp³-hybridized carbons (Fsp3) is 0.286. The van der Waals surface area contributed by atoms with E-state index in [9.17, 15) is 28.1 Å². The summed E-state index contributed by atoms with van der Waals surface area (Å²) in [5.41, 5.74) is -0.251. The molecule has 0 spiro atoms. The summed E-state index contributed by atoms with van der Waals surface area (Å²) in [7, 11) is 1.18. The van der Waals surface area contributed by atoms with Crippen molar-refractivity contribution in [1.29, 1.82) is 0 Å². The van der Waals surface area contributed by atoms with Crippen LogP contribution in [0.2, 0.25) is 0 Å². The van der Waals surface area contributed by atoms with Crippen LogP contribution in [-0.4, -0.2) is 50.7 Å². The van der Waals surface area contributed by atoms with Crippen LogP contribution < -0.4 is 14.4 Å². The number of alkyl halides is 2.